The van der Waals surface area contributed by atoms with Gasteiger partial charge in [-0.05, 0) is 29.8 Å². The fraction of sp³-hybridized carbons (Fsp3) is 0.118. The molecule has 106 valence electrons. The van der Waals surface area contributed by atoms with Crippen molar-refractivity contribution in [2.24, 2.45) is 0 Å². The van der Waals surface area contributed by atoms with Crippen LogP contribution in [0.1, 0.15) is 11.1 Å². The van der Waals surface area contributed by atoms with Crippen LogP contribution in [0.3, 0.4) is 0 Å². The molecule has 2 aromatic rings. The standard InChI is InChI=1S/C17H13Cl2NO/c18-15-9-8-14(16(19)12-15)11-17(21)20-10-4-7-13-5-2-1-3-6-13/h1-3,5-6,8-9,12H,10-11H2,(H,20,21). The molecule has 2 aromatic carbocycles. The molecule has 0 aromatic heterocycles. The number of amides is 1. The largest absolute Gasteiger partial charge is 0.345 e. The number of halogens is 2. The highest BCUT2D eigenvalue weighted by atomic mass is 35.5. The van der Waals surface area contributed by atoms with Crippen molar-refractivity contribution in [3.8, 4) is 11.8 Å². The van der Waals surface area contributed by atoms with Crippen molar-refractivity contribution < 1.29 is 4.79 Å². The molecule has 0 bridgehead atoms. The number of carbonyl (C=O) groups is 1. The van der Waals surface area contributed by atoms with Crippen LogP contribution in [0.15, 0.2) is 48.5 Å². The molecule has 0 atom stereocenters. The third-order valence-corrected chi connectivity index (χ3v) is 3.33. The molecule has 1 amide bonds. The third kappa shape index (κ3) is 5.15. The number of benzene rings is 2. The fourth-order valence-corrected chi connectivity index (χ4v) is 2.19. The van der Waals surface area contributed by atoms with Gasteiger partial charge in [-0.2, -0.15) is 0 Å². The van der Waals surface area contributed by atoms with E-state index < -0.39 is 0 Å². The molecule has 0 fully saturated rings. The SMILES string of the molecule is O=C(Cc1ccc(Cl)cc1Cl)NCC#Cc1ccccc1. The lowest BCUT2D eigenvalue weighted by Gasteiger charge is -2.04. The van der Waals surface area contributed by atoms with Crippen LogP contribution in [0.4, 0.5) is 0 Å². The maximum atomic E-state index is 11.8. The maximum Gasteiger partial charge on any atom is 0.225 e. The van der Waals surface area contributed by atoms with Crippen molar-refractivity contribution in [3.63, 3.8) is 0 Å². The second-order valence-corrected chi connectivity index (χ2v) is 5.20. The molecule has 2 rings (SSSR count). The quantitative estimate of drug-likeness (QED) is 0.859. The Balaban J connectivity index is 1.84. The first-order valence-corrected chi connectivity index (χ1v) is 7.15. The van der Waals surface area contributed by atoms with E-state index in [1.165, 1.54) is 0 Å². The van der Waals surface area contributed by atoms with Crippen molar-refractivity contribution >= 4 is 29.1 Å². The van der Waals surface area contributed by atoms with Gasteiger partial charge in [-0.3, -0.25) is 4.79 Å². The lowest BCUT2D eigenvalue weighted by atomic mass is 10.1. The maximum absolute atomic E-state index is 11.8. The summed E-state index contributed by atoms with van der Waals surface area (Å²) in [5.41, 5.74) is 1.67. The van der Waals surface area contributed by atoms with Gasteiger partial charge >= 0.3 is 0 Å². The summed E-state index contributed by atoms with van der Waals surface area (Å²) in [6.07, 6.45) is 0.211. The predicted octanol–water partition coefficient (Wildman–Crippen LogP) is 3.70. The van der Waals surface area contributed by atoms with Gasteiger partial charge in [-0.15, -0.1) is 0 Å². The van der Waals surface area contributed by atoms with Gasteiger partial charge in [0.05, 0.1) is 13.0 Å². The number of carbonyl (C=O) groups excluding carboxylic acids is 1. The van der Waals surface area contributed by atoms with E-state index in [9.17, 15) is 4.79 Å². The van der Waals surface area contributed by atoms with Crippen LogP contribution in [0.5, 0.6) is 0 Å². The molecule has 0 spiro atoms. The van der Waals surface area contributed by atoms with Crippen molar-refractivity contribution in [2.75, 3.05) is 6.54 Å². The van der Waals surface area contributed by atoms with E-state index in [2.05, 4.69) is 17.2 Å². The van der Waals surface area contributed by atoms with Crippen molar-refractivity contribution in [1.82, 2.24) is 5.32 Å². The molecule has 0 radical (unpaired) electrons. The Hall–Kier alpha value is -1.95. The van der Waals surface area contributed by atoms with Gasteiger partial charge in [0.2, 0.25) is 5.91 Å². The number of rotatable bonds is 3. The van der Waals surface area contributed by atoms with Crippen LogP contribution in [0.2, 0.25) is 10.0 Å². The van der Waals surface area contributed by atoms with Crippen molar-refractivity contribution in [3.05, 3.63) is 69.7 Å². The van der Waals surface area contributed by atoms with Gasteiger partial charge in [0, 0.05) is 15.6 Å². The minimum Gasteiger partial charge on any atom is -0.345 e. The molecule has 21 heavy (non-hydrogen) atoms. The molecule has 1 N–H and O–H groups in total. The minimum atomic E-state index is -0.124. The zero-order valence-corrected chi connectivity index (χ0v) is 12.7. The Morgan fingerprint density at radius 3 is 2.57 bits per heavy atom. The van der Waals surface area contributed by atoms with Gasteiger partial charge in [-0.1, -0.05) is 59.3 Å². The summed E-state index contributed by atoms with van der Waals surface area (Å²) >= 11 is 11.8. The second kappa shape index (κ2) is 7.73. The first-order valence-electron chi connectivity index (χ1n) is 6.40. The normalized spacial score (nSPS) is 9.62. The lowest BCUT2D eigenvalue weighted by molar-refractivity contribution is -0.120. The lowest BCUT2D eigenvalue weighted by Crippen LogP contribution is -2.25. The number of hydrogen-bond donors (Lipinski definition) is 1. The van der Waals surface area contributed by atoms with Crippen LogP contribution >= 0.6 is 23.2 Å². The number of nitrogens with one attached hydrogen (secondary N) is 1. The van der Waals surface area contributed by atoms with E-state index in [0.717, 1.165) is 11.1 Å². The van der Waals surface area contributed by atoms with Crippen molar-refractivity contribution in [2.45, 2.75) is 6.42 Å². The molecule has 0 unspecified atom stereocenters. The van der Waals surface area contributed by atoms with E-state index in [0.29, 0.717) is 16.6 Å². The van der Waals surface area contributed by atoms with Crippen LogP contribution in [0.25, 0.3) is 0 Å². The molecule has 0 aliphatic rings. The summed E-state index contributed by atoms with van der Waals surface area (Å²) in [5, 5.41) is 3.79. The Morgan fingerprint density at radius 2 is 1.86 bits per heavy atom. The smallest absolute Gasteiger partial charge is 0.225 e. The van der Waals surface area contributed by atoms with Gasteiger partial charge in [0.1, 0.15) is 0 Å². The zero-order chi connectivity index (χ0) is 15.1. The predicted molar refractivity (Wildman–Crippen MR) is 86.5 cm³/mol. The molecule has 0 saturated heterocycles. The van der Waals surface area contributed by atoms with E-state index in [-0.39, 0.29) is 12.3 Å². The van der Waals surface area contributed by atoms with Crippen LogP contribution in [-0.2, 0) is 11.2 Å². The van der Waals surface area contributed by atoms with E-state index >= 15 is 0 Å². The molecule has 2 nitrogen and oxygen atoms in total. The van der Waals surface area contributed by atoms with Crippen LogP contribution < -0.4 is 5.32 Å². The van der Waals surface area contributed by atoms with Gasteiger partial charge in [0.25, 0.3) is 0 Å². The van der Waals surface area contributed by atoms with E-state index in [4.69, 9.17) is 23.2 Å². The molecule has 0 aliphatic carbocycles. The summed E-state index contributed by atoms with van der Waals surface area (Å²) in [7, 11) is 0. The fourth-order valence-electron chi connectivity index (χ4n) is 1.71. The average molecular weight is 318 g/mol. The summed E-state index contributed by atoms with van der Waals surface area (Å²) in [4.78, 5) is 11.8. The molecule has 4 heteroatoms. The monoisotopic (exact) mass is 317 g/mol. The summed E-state index contributed by atoms with van der Waals surface area (Å²) in [6.45, 7) is 0.305. The highest BCUT2D eigenvalue weighted by molar-refractivity contribution is 6.35. The van der Waals surface area contributed by atoms with Crippen LogP contribution in [-0.4, -0.2) is 12.5 Å². The summed E-state index contributed by atoms with van der Waals surface area (Å²) in [6, 6.07) is 14.7. The Morgan fingerprint density at radius 1 is 1.10 bits per heavy atom. The summed E-state index contributed by atoms with van der Waals surface area (Å²) < 4.78 is 0. The second-order valence-electron chi connectivity index (χ2n) is 4.36. The Bertz CT molecular complexity index is 687. The molecule has 0 saturated carbocycles. The average Bonchev–Trinajstić information content (AvgIpc) is 2.48. The zero-order valence-electron chi connectivity index (χ0n) is 11.2. The topological polar surface area (TPSA) is 29.1 Å². The molecule has 0 heterocycles. The highest BCUT2D eigenvalue weighted by Crippen LogP contribution is 2.21. The first kappa shape index (κ1) is 15.4. The van der Waals surface area contributed by atoms with Gasteiger partial charge < -0.3 is 5.32 Å². The first-order chi connectivity index (χ1) is 10.1. The highest BCUT2D eigenvalue weighted by Gasteiger charge is 2.06. The van der Waals surface area contributed by atoms with E-state index in [1.807, 2.05) is 30.3 Å². The van der Waals surface area contributed by atoms with Crippen molar-refractivity contribution in [1.29, 1.82) is 0 Å². The van der Waals surface area contributed by atoms with Crippen LogP contribution in [0, 0.1) is 11.8 Å². The minimum absolute atomic E-state index is 0.124. The molecular weight excluding hydrogens is 305 g/mol. The summed E-state index contributed by atoms with van der Waals surface area (Å²) in [5.74, 6) is 5.76. The Kier molecular flexibility index (Phi) is 5.68. The molecular formula is C17H13Cl2NO. The third-order valence-electron chi connectivity index (χ3n) is 2.75. The Labute approximate surface area is 134 Å². The molecule has 0 aliphatic heterocycles. The number of hydrogen-bond acceptors (Lipinski definition) is 1. The van der Waals surface area contributed by atoms with E-state index in [1.54, 1.807) is 18.2 Å². The van der Waals surface area contributed by atoms with Gasteiger partial charge in [0.15, 0.2) is 0 Å². The van der Waals surface area contributed by atoms with Gasteiger partial charge in [-0.25, -0.2) is 0 Å².